The normalized spacial score (nSPS) is 21.1. The summed E-state index contributed by atoms with van der Waals surface area (Å²) in [4.78, 5) is 11.4. The molecular formula is C19H27F3N6O3. The third-order valence-corrected chi connectivity index (χ3v) is 5.87. The Morgan fingerprint density at radius 2 is 2.06 bits per heavy atom. The molecule has 2 aromatic rings. The molecule has 0 aliphatic carbocycles. The smallest absolute Gasteiger partial charge is 0.475 e. The topological polar surface area (TPSA) is 108 Å². The minimum absolute atomic E-state index is 0.329. The van der Waals surface area contributed by atoms with E-state index in [0.717, 1.165) is 50.5 Å². The van der Waals surface area contributed by atoms with E-state index in [4.69, 9.17) is 14.6 Å². The van der Waals surface area contributed by atoms with Crippen molar-refractivity contribution in [2.45, 2.75) is 43.6 Å². The van der Waals surface area contributed by atoms with Crippen LogP contribution in [0.15, 0.2) is 18.5 Å². The summed E-state index contributed by atoms with van der Waals surface area (Å²) in [5.41, 5.74) is 3.45. The SMILES string of the molecule is CN1CC(NCc2cn[nH]c2-c2ccn(C)n2)CC12CCOCC2.O=C(O)C(F)(F)F. The van der Waals surface area contributed by atoms with Crippen LogP contribution in [0, 0.1) is 0 Å². The molecule has 0 radical (unpaired) electrons. The zero-order valence-corrected chi connectivity index (χ0v) is 17.4. The molecule has 1 unspecified atom stereocenters. The van der Waals surface area contributed by atoms with Gasteiger partial charge in [-0.2, -0.15) is 23.4 Å². The number of halogens is 3. The molecule has 0 amide bonds. The minimum atomic E-state index is -5.08. The number of nitrogens with one attached hydrogen (secondary N) is 2. The lowest BCUT2D eigenvalue weighted by Gasteiger charge is -2.39. The van der Waals surface area contributed by atoms with Gasteiger partial charge in [0, 0.05) is 56.7 Å². The Hall–Kier alpha value is -2.44. The molecule has 12 heteroatoms. The number of aromatic amines is 1. The van der Waals surface area contributed by atoms with Crippen LogP contribution in [0.5, 0.6) is 0 Å². The number of carboxylic acid groups (broad SMARTS) is 1. The fourth-order valence-corrected chi connectivity index (χ4v) is 4.15. The van der Waals surface area contributed by atoms with E-state index >= 15 is 0 Å². The number of likely N-dealkylation sites (N-methyl/N-ethyl adjacent to an activating group) is 1. The first-order valence-corrected chi connectivity index (χ1v) is 9.95. The standard InChI is InChI=1S/C17H26N6O.C2HF3O2/c1-22-12-14(9-17(22)4-7-24-8-5-17)18-10-13-11-19-20-16(13)15-3-6-23(2)21-15;3-2(4,5)1(6)7/h3,6,11,14,18H,4-5,7-10,12H2,1-2H3,(H,19,20);(H,6,7). The van der Waals surface area contributed by atoms with Gasteiger partial charge in [-0.05, 0) is 32.4 Å². The van der Waals surface area contributed by atoms with Gasteiger partial charge >= 0.3 is 12.1 Å². The number of rotatable bonds is 4. The van der Waals surface area contributed by atoms with Gasteiger partial charge in [-0.1, -0.05) is 0 Å². The van der Waals surface area contributed by atoms with Crippen LogP contribution < -0.4 is 5.32 Å². The molecule has 2 fully saturated rings. The minimum Gasteiger partial charge on any atom is -0.475 e. The van der Waals surface area contributed by atoms with Crippen molar-refractivity contribution in [2.75, 3.05) is 26.8 Å². The summed E-state index contributed by atoms with van der Waals surface area (Å²) in [6.45, 7) is 3.69. The van der Waals surface area contributed by atoms with Crippen LogP contribution in [-0.4, -0.2) is 80.5 Å². The zero-order valence-electron chi connectivity index (χ0n) is 17.4. The molecule has 1 spiro atoms. The highest BCUT2D eigenvalue weighted by molar-refractivity contribution is 5.73. The van der Waals surface area contributed by atoms with E-state index in [1.807, 2.05) is 30.2 Å². The maximum absolute atomic E-state index is 10.6. The first kappa shape index (κ1) is 23.2. The van der Waals surface area contributed by atoms with Crippen molar-refractivity contribution in [1.82, 2.24) is 30.2 Å². The van der Waals surface area contributed by atoms with Crippen LogP contribution in [0.2, 0.25) is 0 Å². The van der Waals surface area contributed by atoms with Crippen LogP contribution in [0.4, 0.5) is 13.2 Å². The fourth-order valence-electron chi connectivity index (χ4n) is 4.15. The van der Waals surface area contributed by atoms with E-state index in [9.17, 15) is 13.2 Å². The van der Waals surface area contributed by atoms with Crippen molar-refractivity contribution < 1.29 is 27.8 Å². The highest BCUT2D eigenvalue weighted by atomic mass is 19.4. The van der Waals surface area contributed by atoms with Crippen molar-refractivity contribution in [3.05, 3.63) is 24.0 Å². The first-order chi connectivity index (χ1) is 14.6. The van der Waals surface area contributed by atoms with Gasteiger partial charge in [0.15, 0.2) is 0 Å². The zero-order chi connectivity index (χ0) is 22.6. The molecule has 172 valence electrons. The summed E-state index contributed by atoms with van der Waals surface area (Å²) in [5, 5.41) is 22.6. The van der Waals surface area contributed by atoms with Gasteiger partial charge in [-0.15, -0.1) is 0 Å². The van der Waals surface area contributed by atoms with Gasteiger partial charge in [0.2, 0.25) is 0 Å². The summed E-state index contributed by atoms with van der Waals surface area (Å²) in [7, 11) is 4.18. The van der Waals surface area contributed by atoms with E-state index in [1.54, 1.807) is 0 Å². The number of ether oxygens (including phenoxy) is 1. The van der Waals surface area contributed by atoms with Gasteiger partial charge < -0.3 is 15.2 Å². The molecule has 4 rings (SSSR count). The molecule has 2 saturated heterocycles. The van der Waals surface area contributed by atoms with E-state index in [2.05, 4.69) is 32.6 Å². The Morgan fingerprint density at radius 3 is 2.65 bits per heavy atom. The molecule has 4 heterocycles. The Bertz CT molecular complexity index is 875. The number of hydrogen-bond acceptors (Lipinski definition) is 6. The second kappa shape index (κ2) is 9.37. The lowest BCUT2D eigenvalue weighted by atomic mass is 9.86. The van der Waals surface area contributed by atoms with Crippen LogP contribution in [-0.2, 0) is 23.1 Å². The molecule has 0 aromatic carbocycles. The van der Waals surface area contributed by atoms with Gasteiger partial charge in [-0.25, -0.2) is 4.79 Å². The third kappa shape index (κ3) is 5.63. The number of nitrogens with zero attached hydrogens (tertiary/aromatic N) is 4. The van der Waals surface area contributed by atoms with E-state index in [-0.39, 0.29) is 0 Å². The molecule has 2 aliphatic rings. The molecule has 0 bridgehead atoms. The Balaban J connectivity index is 0.000000339. The quantitative estimate of drug-likeness (QED) is 0.660. The number of alkyl halides is 3. The van der Waals surface area contributed by atoms with Crippen molar-refractivity contribution in [1.29, 1.82) is 0 Å². The molecule has 1 atom stereocenters. The molecule has 31 heavy (non-hydrogen) atoms. The number of carboxylic acids is 1. The van der Waals surface area contributed by atoms with Crippen LogP contribution in [0.1, 0.15) is 24.8 Å². The molecular weight excluding hydrogens is 417 g/mol. The Labute approximate surface area is 177 Å². The van der Waals surface area contributed by atoms with Crippen molar-refractivity contribution in [3.8, 4) is 11.4 Å². The number of hydrogen-bond donors (Lipinski definition) is 3. The largest absolute Gasteiger partial charge is 0.490 e. The van der Waals surface area contributed by atoms with Crippen molar-refractivity contribution in [2.24, 2.45) is 7.05 Å². The Kier molecular flexibility index (Phi) is 7.02. The van der Waals surface area contributed by atoms with E-state index in [1.165, 1.54) is 12.0 Å². The number of likely N-dealkylation sites (tertiary alicyclic amines) is 1. The summed E-state index contributed by atoms with van der Waals surface area (Å²) < 4.78 is 39.1. The fraction of sp³-hybridized carbons (Fsp3) is 0.632. The van der Waals surface area contributed by atoms with E-state index < -0.39 is 12.1 Å². The predicted molar refractivity (Wildman–Crippen MR) is 105 cm³/mol. The lowest BCUT2D eigenvalue weighted by Crippen LogP contribution is -2.45. The van der Waals surface area contributed by atoms with Gasteiger partial charge in [0.1, 0.15) is 5.69 Å². The number of aliphatic carboxylic acids is 1. The highest BCUT2D eigenvalue weighted by Gasteiger charge is 2.44. The average molecular weight is 444 g/mol. The van der Waals surface area contributed by atoms with Gasteiger partial charge in [-0.3, -0.25) is 14.7 Å². The lowest BCUT2D eigenvalue weighted by molar-refractivity contribution is -0.192. The second-order valence-electron chi connectivity index (χ2n) is 7.95. The van der Waals surface area contributed by atoms with Crippen molar-refractivity contribution >= 4 is 5.97 Å². The second-order valence-corrected chi connectivity index (χ2v) is 7.95. The van der Waals surface area contributed by atoms with Crippen LogP contribution >= 0.6 is 0 Å². The Morgan fingerprint density at radius 1 is 1.39 bits per heavy atom. The van der Waals surface area contributed by atoms with Crippen LogP contribution in [0.3, 0.4) is 0 Å². The van der Waals surface area contributed by atoms with Crippen molar-refractivity contribution in [3.63, 3.8) is 0 Å². The van der Waals surface area contributed by atoms with E-state index in [0.29, 0.717) is 11.6 Å². The maximum atomic E-state index is 10.6. The number of aryl methyl sites for hydroxylation is 1. The first-order valence-electron chi connectivity index (χ1n) is 9.95. The monoisotopic (exact) mass is 444 g/mol. The average Bonchev–Trinajstić information content (AvgIpc) is 3.41. The molecule has 0 saturated carbocycles. The maximum Gasteiger partial charge on any atom is 0.490 e. The van der Waals surface area contributed by atoms with Crippen LogP contribution in [0.25, 0.3) is 11.4 Å². The molecule has 2 aromatic heterocycles. The predicted octanol–water partition coefficient (Wildman–Crippen LogP) is 1.79. The van der Waals surface area contributed by atoms with Gasteiger partial charge in [0.05, 0.1) is 11.9 Å². The number of carbonyl (C=O) groups is 1. The number of H-pyrrole nitrogens is 1. The van der Waals surface area contributed by atoms with Gasteiger partial charge in [0.25, 0.3) is 0 Å². The summed E-state index contributed by atoms with van der Waals surface area (Å²) in [6, 6.07) is 2.52. The number of aromatic nitrogens is 4. The summed E-state index contributed by atoms with van der Waals surface area (Å²) >= 11 is 0. The molecule has 9 nitrogen and oxygen atoms in total. The third-order valence-electron chi connectivity index (χ3n) is 5.87. The highest BCUT2D eigenvalue weighted by Crippen LogP contribution is 2.36. The molecule has 3 N–H and O–H groups in total. The molecule has 2 aliphatic heterocycles. The summed E-state index contributed by atoms with van der Waals surface area (Å²) in [5.74, 6) is -2.76. The summed E-state index contributed by atoms with van der Waals surface area (Å²) in [6.07, 6.45) is 2.26.